The van der Waals surface area contributed by atoms with Crippen LogP contribution < -0.4 is 9.75 Å². The van der Waals surface area contributed by atoms with Crippen LogP contribution >= 0.6 is 0 Å². The van der Waals surface area contributed by atoms with Gasteiger partial charge in [0.05, 0.1) is 28.4 Å². The molecule has 174 valence electrons. The molecule has 0 fully saturated rings. The zero-order valence-corrected chi connectivity index (χ0v) is 18.7. The number of hydrazone groups is 1. The molecular formula is C27H20F2N4O2. The third kappa shape index (κ3) is 4.59. The van der Waals surface area contributed by atoms with E-state index in [0.717, 1.165) is 5.69 Å². The molecule has 0 unspecified atom stereocenters. The number of alkyl halides is 2. The topological polar surface area (TPSA) is 59.7 Å². The molecule has 0 N–H and O–H groups in total. The number of hydrogen-bond acceptors (Lipinski definition) is 4. The number of aromatic nitrogens is 2. The van der Waals surface area contributed by atoms with Gasteiger partial charge in [-0.25, -0.2) is 4.68 Å². The van der Waals surface area contributed by atoms with E-state index in [4.69, 9.17) is 5.10 Å². The van der Waals surface area contributed by atoms with E-state index in [1.54, 1.807) is 29.8 Å². The van der Waals surface area contributed by atoms with E-state index in [-0.39, 0.29) is 11.7 Å². The van der Waals surface area contributed by atoms with Crippen molar-refractivity contribution in [2.24, 2.45) is 5.10 Å². The molecule has 1 aromatic heterocycles. The fraction of sp³-hybridized carbons (Fsp3) is 0.0741. The van der Waals surface area contributed by atoms with Crippen molar-refractivity contribution in [2.75, 3.05) is 5.01 Å². The Morgan fingerprint density at radius 1 is 0.886 bits per heavy atom. The Kier molecular flexibility index (Phi) is 5.93. The smallest absolute Gasteiger partial charge is 0.387 e. The molecule has 5 rings (SSSR count). The molecule has 1 aliphatic heterocycles. The number of para-hydroxylation sites is 2. The number of hydrogen-bond donors (Lipinski definition) is 0. The molecule has 0 saturated carbocycles. The van der Waals surface area contributed by atoms with E-state index in [9.17, 15) is 13.6 Å². The second-order valence-electron chi connectivity index (χ2n) is 7.81. The normalized spacial score (nSPS) is 14.6. The zero-order valence-electron chi connectivity index (χ0n) is 18.7. The van der Waals surface area contributed by atoms with Gasteiger partial charge >= 0.3 is 6.61 Å². The van der Waals surface area contributed by atoms with Crippen molar-refractivity contribution in [3.8, 4) is 22.7 Å². The van der Waals surface area contributed by atoms with E-state index in [0.29, 0.717) is 33.8 Å². The van der Waals surface area contributed by atoms with Crippen molar-refractivity contribution in [1.82, 2.24) is 9.78 Å². The van der Waals surface area contributed by atoms with E-state index in [2.05, 4.69) is 9.84 Å². The summed E-state index contributed by atoms with van der Waals surface area (Å²) in [6.07, 6.45) is 3.59. The molecule has 0 spiro atoms. The average Bonchev–Trinajstić information content (AvgIpc) is 3.42. The van der Waals surface area contributed by atoms with Crippen LogP contribution in [0.3, 0.4) is 0 Å². The SMILES string of the molecule is CC1=NN(c2ccccc2)C(=O)/C1=C/c1cn(-c2ccccc2)nc1-c1ccc(OC(F)F)cc1. The highest BCUT2D eigenvalue weighted by atomic mass is 19.3. The number of amides is 1. The summed E-state index contributed by atoms with van der Waals surface area (Å²) >= 11 is 0. The van der Waals surface area contributed by atoms with Gasteiger partial charge in [-0.3, -0.25) is 4.79 Å². The third-order valence-corrected chi connectivity index (χ3v) is 5.48. The molecule has 35 heavy (non-hydrogen) atoms. The Morgan fingerprint density at radius 2 is 1.51 bits per heavy atom. The molecule has 2 heterocycles. The van der Waals surface area contributed by atoms with E-state index in [1.807, 2.05) is 66.9 Å². The average molecular weight is 470 g/mol. The summed E-state index contributed by atoms with van der Waals surface area (Å²) in [5, 5.41) is 10.5. The lowest BCUT2D eigenvalue weighted by Crippen LogP contribution is -2.21. The summed E-state index contributed by atoms with van der Waals surface area (Å²) in [4.78, 5) is 13.2. The van der Waals surface area contributed by atoms with E-state index < -0.39 is 6.61 Å². The van der Waals surface area contributed by atoms with Crippen LogP contribution in [0, 0.1) is 0 Å². The number of benzene rings is 3. The van der Waals surface area contributed by atoms with Crippen LogP contribution in [0.1, 0.15) is 12.5 Å². The Hall–Kier alpha value is -4.59. The second kappa shape index (κ2) is 9.34. The van der Waals surface area contributed by atoms with Crippen molar-refractivity contribution in [1.29, 1.82) is 0 Å². The van der Waals surface area contributed by atoms with Crippen LogP contribution in [0.2, 0.25) is 0 Å². The van der Waals surface area contributed by atoms with Crippen LogP contribution in [-0.2, 0) is 4.79 Å². The van der Waals surface area contributed by atoms with Crippen molar-refractivity contribution < 1.29 is 18.3 Å². The summed E-state index contributed by atoms with van der Waals surface area (Å²) in [5.74, 6) is -0.189. The maximum absolute atomic E-state index is 13.2. The number of rotatable bonds is 6. The lowest BCUT2D eigenvalue weighted by atomic mass is 10.0. The van der Waals surface area contributed by atoms with E-state index in [1.165, 1.54) is 17.1 Å². The standard InChI is InChI=1S/C27H20F2N4O2/c1-18-24(26(34)33(30-18)22-10-6-3-7-11-22)16-20-17-32(21-8-4-2-5-9-21)31-25(20)19-12-14-23(15-13-19)35-27(28)29/h2-17,27H,1H3/b24-16+. The predicted molar refractivity (Wildman–Crippen MR) is 131 cm³/mol. The largest absolute Gasteiger partial charge is 0.435 e. The van der Waals surface area contributed by atoms with Gasteiger partial charge in [0.2, 0.25) is 0 Å². The summed E-state index contributed by atoms with van der Waals surface area (Å²) in [5.41, 5.74) is 4.50. The molecule has 3 aromatic carbocycles. The van der Waals surface area contributed by atoms with Crippen LogP contribution in [0.5, 0.6) is 5.75 Å². The molecule has 0 saturated heterocycles. The van der Waals surface area contributed by atoms with Gasteiger partial charge in [-0.2, -0.15) is 24.0 Å². The van der Waals surface area contributed by atoms with Gasteiger partial charge in [0.25, 0.3) is 5.91 Å². The highest BCUT2D eigenvalue weighted by Gasteiger charge is 2.29. The number of nitrogens with zero attached hydrogens (tertiary/aromatic N) is 4. The number of anilines is 1. The minimum Gasteiger partial charge on any atom is -0.435 e. The van der Waals surface area contributed by atoms with Gasteiger partial charge in [0.1, 0.15) is 5.75 Å². The molecule has 1 aliphatic rings. The minimum absolute atomic E-state index is 0.0543. The zero-order chi connectivity index (χ0) is 24.4. The molecular weight excluding hydrogens is 450 g/mol. The van der Waals surface area contributed by atoms with Gasteiger partial charge in [-0.15, -0.1) is 0 Å². The second-order valence-corrected chi connectivity index (χ2v) is 7.81. The Balaban J connectivity index is 1.56. The number of carbonyl (C=O) groups excluding carboxylic acids is 1. The quantitative estimate of drug-likeness (QED) is 0.328. The summed E-state index contributed by atoms with van der Waals surface area (Å²) in [6.45, 7) is -1.12. The lowest BCUT2D eigenvalue weighted by Gasteiger charge is -2.11. The van der Waals surface area contributed by atoms with Crippen LogP contribution in [-0.4, -0.2) is 28.0 Å². The van der Waals surface area contributed by atoms with Crippen molar-refractivity contribution in [2.45, 2.75) is 13.5 Å². The first-order valence-electron chi connectivity index (χ1n) is 10.9. The number of halogens is 2. The van der Waals surface area contributed by atoms with Gasteiger partial charge < -0.3 is 4.74 Å². The van der Waals surface area contributed by atoms with Crippen molar-refractivity contribution in [3.05, 3.63) is 102 Å². The third-order valence-electron chi connectivity index (χ3n) is 5.48. The predicted octanol–water partition coefficient (Wildman–Crippen LogP) is 5.95. The highest BCUT2D eigenvalue weighted by Crippen LogP contribution is 2.30. The fourth-order valence-corrected chi connectivity index (χ4v) is 3.81. The van der Waals surface area contributed by atoms with Gasteiger partial charge in [0.15, 0.2) is 0 Å². The monoisotopic (exact) mass is 470 g/mol. The van der Waals surface area contributed by atoms with Crippen LogP contribution in [0.4, 0.5) is 14.5 Å². The fourth-order valence-electron chi connectivity index (χ4n) is 3.81. The first-order valence-corrected chi connectivity index (χ1v) is 10.9. The maximum atomic E-state index is 13.2. The first-order chi connectivity index (χ1) is 17.0. The number of carbonyl (C=O) groups is 1. The Labute approximate surface area is 200 Å². The maximum Gasteiger partial charge on any atom is 0.387 e. The lowest BCUT2D eigenvalue weighted by molar-refractivity contribution is -0.114. The van der Waals surface area contributed by atoms with Crippen LogP contribution in [0.15, 0.2) is 102 Å². The van der Waals surface area contributed by atoms with Crippen molar-refractivity contribution in [3.63, 3.8) is 0 Å². The van der Waals surface area contributed by atoms with Gasteiger partial charge in [-0.05, 0) is 61.5 Å². The summed E-state index contributed by atoms with van der Waals surface area (Å²) in [7, 11) is 0. The first kappa shape index (κ1) is 22.2. The highest BCUT2D eigenvalue weighted by molar-refractivity contribution is 6.32. The van der Waals surface area contributed by atoms with Gasteiger partial charge in [-0.1, -0.05) is 36.4 Å². The molecule has 4 aromatic rings. The molecule has 6 nitrogen and oxygen atoms in total. The summed E-state index contributed by atoms with van der Waals surface area (Å²) < 4.78 is 31.3. The molecule has 0 atom stereocenters. The van der Waals surface area contributed by atoms with Gasteiger partial charge in [0, 0.05) is 17.3 Å². The van der Waals surface area contributed by atoms with E-state index >= 15 is 0 Å². The molecule has 0 bridgehead atoms. The van der Waals surface area contributed by atoms with Crippen LogP contribution in [0.25, 0.3) is 23.0 Å². The molecule has 0 radical (unpaired) electrons. The molecule has 8 heteroatoms. The Bertz CT molecular complexity index is 1410. The van der Waals surface area contributed by atoms with Crippen molar-refractivity contribution >= 4 is 23.4 Å². The number of ether oxygens (including phenoxy) is 1. The Morgan fingerprint density at radius 3 is 2.14 bits per heavy atom. The minimum atomic E-state index is -2.90. The molecule has 1 amide bonds. The molecule has 0 aliphatic carbocycles. The summed E-state index contributed by atoms with van der Waals surface area (Å²) in [6, 6.07) is 25.0.